The highest BCUT2D eigenvalue weighted by atomic mass is 16.4. The fourth-order valence-electron chi connectivity index (χ4n) is 1.20. The summed E-state index contributed by atoms with van der Waals surface area (Å²) < 4.78 is 0. The Bertz CT molecular complexity index is 161. The topological polar surface area (TPSA) is 63.3 Å². The summed E-state index contributed by atoms with van der Waals surface area (Å²) in [6.07, 6.45) is 4.04. The first-order chi connectivity index (χ1) is 6.74. The maximum absolute atomic E-state index is 10.1. The van der Waals surface area contributed by atoms with Crippen molar-refractivity contribution in [3.63, 3.8) is 0 Å². The number of nitrogens with two attached hydrogens (primary N) is 1. The maximum Gasteiger partial charge on any atom is 0.306 e. The lowest BCUT2D eigenvalue weighted by Crippen LogP contribution is -2.31. The quantitative estimate of drug-likeness (QED) is 0.744. The van der Waals surface area contributed by atoms with Crippen LogP contribution >= 0.6 is 0 Å². The van der Waals surface area contributed by atoms with Crippen molar-refractivity contribution in [1.29, 1.82) is 0 Å². The summed E-state index contributed by atoms with van der Waals surface area (Å²) in [7, 11) is 0. The van der Waals surface area contributed by atoms with Crippen LogP contribution in [0.4, 0.5) is 0 Å². The van der Waals surface area contributed by atoms with Crippen molar-refractivity contribution in [1.82, 2.24) is 0 Å². The molecule has 1 unspecified atom stereocenters. The molecule has 0 aromatic heterocycles. The normalized spacial score (nSPS) is 12.7. The van der Waals surface area contributed by atoms with Gasteiger partial charge in [0.25, 0.3) is 0 Å². The predicted octanol–water partition coefficient (Wildman–Crippen LogP) is 3.03. The van der Waals surface area contributed by atoms with Gasteiger partial charge in [-0.05, 0) is 26.7 Å². The molecule has 0 aliphatic heterocycles. The van der Waals surface area contributed by atoms with E-state index in [4.69, 9.17) is 10.8 Å². The van der Waals surface area contributed by atoms with E-state index in [0.717, 1.165) is 19.3 Å². The van der Waals surface area contributed by atoms with E-state index < -0.39 is 5.97 Å². The van der Waals surface area contributed by atoms with E-state index in [1.165, 1.54) is 6.42 Å². The van der Waals surface area contributed by atoms with Gasteiger partial charge in [-0.25, -0.2) is 0 Å². The molecule has 0 saturated heterocycles. The Morgan fingerprint density at radius 2 is 1.80 bits per heavy atom. The number of carbonyl (C=O) groups is 1. The van der Waals surface area contributed by atoms with Crippen molar-refractivity contribution in [3.05, 3.63) is 0 Å². The van der Waals surface area contributed by atoms with E-state index in [9.17, 15) is 4.79 Å². The number of carboxylic acids is 1. The lowest BCUT2D eigenvalue weighted by Gasteiger charge is -2.15. The first-order valence-corrected chi connectivity index (χ1v) is 5.76. The molecule has 0 bridgehead atoms. The predicted molar refractivity (Wildman–Crippen MR) is 64.9 cm³/mol. The lowest BCUT2D eigenvalue weighted by atomic mass is 10.0. The van der Waals surface area contributed by atoms with Crippen LogP contribution in [0.5, 0.6) is 0 Å². The molecule has 92 valence electrons. The lowest BCUT2D eigenvalue weighted by molar-refractivity contribution is -0.141. The van der Waals surface area contributed by atoms with Crippen molar-refractivity contribution in [2.24, 2.45) is 11.7 Å². The molecule has 1 atom stereocenters. The van der Waals surface area contributed by atoms with Crippen LogP contribution in [0, 0.1) is 5.92 Å². The van der Waals surface area contributed by atoms with Crippen molar-refractivity contribution >= 4 is 5.97 Å². The van der Waals surface area contributed by atoms with E-state index in [2.05, 4.69) is 20.8 Å². The Kier molecular flexibility index (Phi) is 9.79. The smallest absolute Gasteiger partial charge is 0.306 e. The summed E-state index contributed by atoms with van der Waals surface area (Å²) in [5, 5.41) is 8.31. The molecular weight excluding hydrogens is 190 g/mol. The Balaban J connectivity index is 0. The molecule has 0 aliphatic rings. The number of aliphatic carboxylic acids is 1. The molecule has 0 aromatic rings. The SMILES string of the molecule is CCCC(C)(C)N.CCCC(C)C(=O)O. The average molecular weight is 217 g/mol. The van der Waals surface area contributed by atoms with E-state index >= 15 is 0 Å². The van der Waals surface area contributed by atoms with Crippen molar-refractivity contribution in [3.8, 4) is 0 Å². The summed E-state index contributed by atoms with van der Waals surface area (Å²) in [6, 6.07) is 0. The molecule has 3 heteroatoms. The second kappa shape index (κ2) is 8.72. The highest BCUT2D eigenvalue weighted by Gasteiger charge is 2.07. The van der Waals surface area contributed by atoms with Crippen LogP contribution in [0.2, 0.25) is 0 Å². The molecule has 3 N–H and O–H groups in total. The minimum Gasteiger partial charge on any atom is -0.481 e. The van der Waals surface area contributed by atoms with Gasteiger partial charge < -0.3 is 10.8 Å². The Labute approximate surface area is 94.1 Å². The summed E-state index contributed by atoms with van der Waals surface area (Å²) in [6.45, 7) is 9.97. The summed E-state index contributed by atoms with van der Waals surface area (Å²) >= 11 is 0. The standard InChI is InChI=1S/C6H15N.C6H12O2/c1-4-5-6(2,3)7;1-3-4-5(2)6(7)8/h4-5,7H2,1-3H3;5H,3-4H2,1-2H3,(H,7,8). The largest absolute Gasteiger partial charge is 0.481 e. The zero-order valence-corrected chi connectivity index (χ0v) is 10.8. The monoisotopic (exact) mass is 217 g/mol. The Morgan fingerprint density at radius 3 is 1.87 bits per heavy atom. The van der Waals surface area contributed by atoms with E-state index in [1.807, 2.05) is 6.92 Å². The Morgan fingerprint density at radius 1 is 1.33 bits per heavy atom. The molecule has 0 aromatic carbocycles. The molecule has 0 amide bonds. The van der Waals surface area contributed by atoms with Crippen molar-refractivity contribution in [2.45, 2.75) is 65.8 Å². The van der Waals surface area contributed by atoms with Crippen molar-refractivity contribution in [2.75, 3.05) is 0 Å². The molecule has 0 radical (unpaired) electrons. The third-order valence-electron chi connectivity index (χ3n) is 2.04. The van der Waals surface area contributed by atoms with Crippen LogP contribution in [-0.2, 0) is 4.79 Å². The zero-order valence-electron chi connectivity index (χ0n) is 10.8. The minimum atomic E-state index is -0.688. The van der Waals surface area contributed by atoms with Gasteiger partial charge in [0.15, 0.2) is 0 Å². The van der Waals surface area contributed by atoms with Gasteiger partial charge in [0.1, 0.15) is 0 Å². The van der Waals surface area contributed by atoms with Crippen LogP contribution in [0.1, 0.15) is 60.3 Å². The first kappa shape index (κ1) is 16.8. The third kappa shape index (κ3) is 16.1. The fourth-order valence-corrected chi connectivity index (χ4v) is 1.20. The van der Waals surface area contributed by atoms with Crippen LogP contribution in [-0.4, -0.2) is 16.6 Å². The van der Waals surface area contributed by atoms with E-state index in [-0.39, 0.29) is 11.5 Å². The average Bonchev–Trinajstić information content (AvgIpc) is 2.03. The first-order valence-electron chi connectivity index (χ1n) is 5.76. The number of hydrogen-bond acceptors (Lipinski definition) is 2. The summed E-state index contributed by atoms with van der Waals surface area (Å²) in [4.78, 5) is 10.1. The van der Waals surface area contributed by atoms with E-state index in [0.29, 0.717) is 0 Å². The molecule has 0 saturated carbocycles. The molecular formula is C12H27NO2. The van der Waals surface area contributed by atoms with Gasteiger partial charge in [-0.2, -0.15) is 0 Å². The van der Waals surface area contributed by atoms with Crippen LogP contribution in [0.25, 0.3) is 0 Å². The van der Waals surface area contributed by atoms with Crippen molar-refractivity contribution < 1.29 is 9.90 Å². The number of rotatable bonds is 5. The van der Waals surface area contributed by atoms with E-state index in [1.54, 1.807) is 6.92 Å². The molecule has 0 rings (SSSR count). The van der Waals surface area contributed by atoms with Gasteiger partial charge in [0.05, 0.1) is 5.92 Å². The third-order valence-corrected chi connectivity index (χ3v) is 2.04. The van der Waals surface area contributed by atoms with Crippen LogP contribution < -0.4 is 5.73 Å². The summed E-state index contributed by atoms with van der Waals surface area (Å²) in [5.74, 6) is -0.855. The molecule has 0 fully saturated rings. The molecule has 0 heterocycles. The molecule has 15 heavy (non-hydrogen) atoms. The fraction of sp³-hybridized carbons (Fsp3) is 0.917. The zero-order chi connectivity index (χ0) is 12.5. The molecule has 0 aliphatic carbocycles. The van der Waals surface area contributed by atoms with Gasteiger partial charge >= 0.3 is 5.97 Å². The highest BCUT2D eigenvalue weighted by molar-refractivity contribution is 5.69. The Hall–Kier alpha value is -0.570. The van der Waals surface area contributed by atoms with Gasteiger partial charge in [-0.1, -0.05) is 33.6 Å². The van der Waals surface area contributed by atoms with Gasteiger partial charge in [-0.3, -0.25) is 4.79 Å². The van der Waals surface area contributed by atoms with Gasteiger partial charge in [0, 0.05) is 5.54 Å². The van der Waals surface area contributed by atoms with Gasteiger partial charge in [0.2, 0.25) is 0 Å². The second-order valence-corrected chi connectivity index (χ2v) is 4.77. The molecule has 3 nitrogen and oxygen atoms in total. The highest BCUT2D eigenvalue weighted by Crippen LogP contribution is 2.04. The number of hydrogen-bond donors (Lipinski definition) is 2. The van der Waals surface area contributed by atoms with Crippen LogP contribution in [0.3, 0.4) is 0 Å². The van der Waals surface area contributed by atoms with Gasteiger partial charge in [-0.15, -0.1) is 0 Å². The molecule has 0 spiro atoms. The number of carboxylic acid groups (broad SMARTS) is 1. The minimum absolute atomic E-state index is 0.0503. The second-order valence-electron chi connectivity index (χ2n) is 4.77. The maximum atomic E-state index is 10.1. The van der Waals surface area contributed by atoms with Crippen LogP contribution in [0.15, 0.2) is 0 Å². The summed E-state index contributed by atoms with van der Waals surface area (Å²) in [5.41, 5.74) is 5.70.